The van der Waals surface area contributed by atoms with E-state index in [-0.39, 0.29) is 13.2 Å². The molecule has 1 aliphatic rings. The van der Waals surface area contributed by atoms with Gasteiger partial charge >= 0.3 is 0 Å². The van der Waals surface area contributed by atoms with Crippen molar-refractivity contribution in [1.29, 1.82) is 0 Å². The van der Waals surface area contributed by atoms with Gasteiger partial charge in [0, 0.05) is 32.3 Å². The highest BCUT2D eigenvalue weighted by atomic mass is 16.3. The quantitative estimate of drug-likeness (QED) is 0.555. The summed E-state index contributed by atoms with van der Waals surface area (Å²) in [4.78, 5) is 4.58. The number of nitrogens with zero attached hydrogens (tertiary/aromatic N) is 2. The van der Waals surface area contributed by atoms with Crippen LogP contribution in [0, 0.1) is 0 Å². The lowest BCUT2D eigenvalue weighted by Gasteiger charge is -2.39. The van der Waals surface area contributed by atoms with E-state index in [2.05, 4.69) is 9.80 Å². The number of likely N-dealkylation sites (tertiary alicyclic amines) is 1. The highest BCUT2D eigenvalue weighted by molar-refractivity contribution is 4.96. The molecule has 112 valence electrons. The van der Waals surface area contributed by atoms with Crippen molar-refractivity contribution in [2.24, 2.45) is 5.73 Å². The number of hydrogen-bond donors (Lipinski definition) is 3. The van der Waals surface area contributed by atoms with Crippen LogP contribution in [0.1, 0.15) is 32.6 Å². The number of rotatable bonds is 8. The molecule has 0 aromatic carbocycles. The molecule has 1 aliphatic heterocycles. The van der Waals surface area contributed by atoms with Crippen molar-refractivity contribution >= 4 is 0 Å². The number of nitrogens with two attached hydrogens (primary N) is 1. The van der Waals surface area contributed by atoms with Gasteiger partial charge in [-0.3, -0.25) is 4.90 Å². The fraction of sp³-hybridized carbons (Fsp3) is 0.857. The second kappa shape index (κ2) is 9.18. The molecule has 1 rings (SSSR count). The van der Waals surface area contributed by atoms with Gasteiger partial charge in [-0.1, -0.05) is 0 Å². The predicted molar refractivity (Wildman–Crippen MR) is 77.5 cm³/mol. The van der Waals surface area contributed by atoms with Crippen molar-refractivity contribution < 1.29 is 10.2 Å². The molecule has 0 saturated carbocycles. The van der Waals surface area contributed by atoms with Crippen molar-refractivity contribution in [3.05, 3.63) is 11.9 Å². The van der Waals surface area contributed by atoms with E-state index in [9.17, 15) is 5.11 Å². The van der Waals surface area contributed by atoms with E-state index in [4.69, 9.17) is 10.8 Å². The SMILES string of the molecule is CC=C(N)N1CCC(N(CCO)CCCCO)CC1. The number of unbranched alkanes of at least 4 members (excludes halogenated alkanes) is 1. The topological polar surface area (TPSA) is 73.0 Å². The highest BCUT2D eigenvalue weighted by Gasteiger charge is 2.24. The Labute approximate surface area is 116 Å². The first-order valence-electron chi connectivity index (χ1n) is 7.35. The van der Waals surface area contributed by atoms with Crippen LogP contribution in [0.15, 0.2) is 11.9 Å². The normalized spacial score (nSPS) is 18.3. The molecule has 0 atom stereocenters. The molecule has 0 spiro atoms. The zero-order valence-electron chi connectivity index (χ0n) is 12.1. The van der Waals surface area contributed by atoms with Crippen molar-refractivity contribution in [3.8, 4) is 0 Å². The zero-order valence-corrected chi connectivity index (χ0v) is 12.1. The average molecular weight is 271 g/mol. The number of allylic oxidation sites excluding steroid dienone is 1. The minimum Gasteiger partial charge on any atom is -0.396 e. The average Bonchev–Trinajstić information content (AvgIpc) is 2.46. The molecule has 0 aliphatic carbocycles. The maximum absolute atomic E-state index is 9.17. The first-order valence-corrected chi connectivity index (χ1v) is 7.35. The van der Waals surface area contributed by atoms with E-state index < -0.39 is 0 Å². The largest absolute Gasteiger partial charge is 0.396 e. The Bertz CT molecular complexity index is 263. The van der Waals surface area contributed by atoms with Crippen LogP contribution in [0.4, 0.5) is 0 Å². The fourth-order valence-electron chi connectivity index (χ4n) is 2.70. The summed E-state index contributed by atoms with van der Waals surface area (Å²) in [7, 11) is 0. The van der Waals surface area contributed by atoms with Gasteiger partial charge in [-0.05, 0) is 45.2 Å². The summed E-state index contributed by atoms with van der Waals surface area (Å²) in [5.74, 6) is 0.868. The first kappa shape index (κ1) is 16.3. The molecule has 4 N–H and O–H groups in total. The van der Waals surface area contributed by atoms with E-state index >= 15 is 0 Å². The van der Waals surface area contributed by atoms with Gasteiger partial charge in [-0.2, -0.15) is 0 Å². The van der Waals surface area contributed by atoms with Crippen LogP contribution in [0.5, 0.6) is 0 Å². The number of piperidine rings is 1. The van der Waals surface area contributed by atoms with Crippen molar-refractivity contribution in [3.63, 3.8) is 0 Å². The van der Waals surface area contributed by atoms with E-state index in [1.807, 2.05) is 13.0 Å². The van der Waals surface area contributed by atoms with Gasteiger partial charge in [0.05, 0.1) is 12.4 Å². The lowest BCUT2D eigenvalue weighted by molar-refractivity contribution is 0.0984. The summed E-state index contributed by atoms with van der Waals surface area (Å²) in [5, 5.41) is 18.0. The third-order valence-corrected chi connectivity index (χ3v) is 3.88. The molecule has 1 heterocycles. The molecule has 5 nitrogen and oxygen atoms in total. The summed E-state index contributed by atoms with van der Waals surface area (Å²) < 4.78 is 0. The van der Waals surface area contributed by atoms with Gasteiger partial charge in [-0.15, -0.1) is 0 Å². The molecule has 0 unspecified atom stereocenters. The fourth-order valence-corrected chi connectivity index (χ4v) is 2.70. The molecule has 1 saturated heterocycles. The maximum atomic E-state index is 9.17. The van der Waals surface area contributed by atoms with Gasteiger partial charge in [0.2, 0.25) is 0 Å². The lowest BCUT2D eigenvalue weighted by Crippen LogP contribution is -2.46. The monoisotopic (exact) mass is 271 g/mol. The van der Waals surface area contributed by atoms with Crippen LogP contribution in [-0.2, 0) is 0 Å². The van der Waals surface area contributed by atoms with E-state index in [1.165, 1.54) is 0 Å². The molecule has 0 radical (unpaired) electrons. The third-order valence-electron chi connectivity index (χ3n) is 3.88. The third kappa shape index (κ3) is 5.38. The maximum Gasteiger partial charge on any atom is 0.0942 e. The lowest BCUT2D eigenvalue weighted by atomic mass is 10.0. The minimum absolute atomic E-state index is 0.205. The molecule has 5 heteroatoms. The van der Waals surface area contributed by atoms with Crippen LogP contribution in [0.3, 0.4) is 0 Å². The van der Waals surface area contributed by atoms with Crippen molar-refractivity contribution in [2.75, 3.05) is 39.4 Å². The molecule has 0 aromatic rings. The summed E-state index contributed by atoms with van der Waals surface area (Å²) in [6, 6.07) is 0.534. The first-order chi connectivity index (χ1) is 9.22. The Morgan fingerprint density at radius 1 is 1.21 bits per heavy atom. The summed E-state index contributed by atoms with van der Waals surface area (Å²) in [6.07, 6.45) is 5.97. The van der Waals surface area contributed by atoms with Crippen LogP contribution < -0.4 is 5.73 Å². The van der Waals surface area contributed by atoms with Gasteiger partial charge < -0.3 is 20.8 Å². The van der Waals surface area contributed by atoms with Crippen LogP contribution in [0.25, 0.3) is 0 Å². The standard InChI is InChI=1S/C14H29N3O2/c1-2-14(15)17-8-5-13(6-9-17)16(10-12-19)7-3-4-11-18/h2,13,18-19H,3-12,15H2,1H3. The molecule has 1 fully saturated rings. The van der Waals surface area contributed by atoms with E-state index in [1.54, 1.807) is 0 Å². The zero-order chi connectivity index (χ0) is 14.1. The highest BCUT2D eigenvalue weighted by Crippen LogP contribution is 2.18. The van der Waals surface area contributed by atoms with E-state index in [0.717, 1.165) is 57.7 Å². The van der Waals surface area contributed by atoms with Gasteiger partial charge in [0.1, 0.15) is 0 Å². The van der Waals surface area contributed by atoms with Gasteiger partial charge in [-0.25, -0.2) is 0 Å². The number of hydrogen-bond acceptors (Lipinski definition) is 5. The Balaban J connectivity index is 2.40. The van der Waals surface area contributed by atoms with Gasteiger partial charge in [0.15, 0.2) is 0 Å². The predicted octanol–water partition coefficient (Wildman–Crippen LogP) is 0.338. The molecule has 0 aromatic heterocycles. The van der Waals surface area contributed by atoms with Crippen molar-refractivity contribution in [2.45, 2.75) is 38.6 Å². The Morgan fingerprint density at radius 3 is 2.42 bits per heavy atom. The molecule has 0 amide bonds. The van der Waals surface area contributed by atoms with Gasteiger partial charge in [0.25, 0.3) is 0 Å². The van der Waals surface area contributed by atoms with Crippen LogP contribution >= 0.6 is 0 Å². The van der Waals surface area contributed by atoms with Crippen LogP contribution in [-0.4, -0.2) is 65.4 Å². The summed E-state index contributed by atoms with van der Waals surface area (Å²) in [6.45, 7) is 6.10. The molecule has 0 bridgehead atoms. The Morgan fingerprint density at radius 2 is 1.89 bits per heavy atom. The number of aliphatic hydroxyl groups is 2. The number of aliphatic hydroxyl groups excluding tert-OH is 2. The van der Waals surface area contributed by atoms with Crippen molar-refractivity contribution in [1.82, 2.24) is 9.80 Å². The summed E-state index contributed by atoms with van der Waals surface area (Å²) >= 11 is 0. The smallest absolute Gasteiger partial charge is 0.0942 e. The minimum atomic E-state index is 0.205. The second-order valence-corrected chi connectivity index (χ2v) is 5.12. The molecule has 19 heavy (non-hydrogen) atoms. The molecular formula is C14H29N3O2. The van der Waals surface area contributed by atoms with Crippen LogP contribution in [0.2, 0.25) is 0 Å². The molecular weight excluding hydrogens is 242 g/mol. The summed E-state index contributed by atoms with van der Waals surface area (Å²) in [5.41, 5.74) is 5.93. The van der Waals surface area contributed by atoms with E-state index in [0.29, 0.717) is 6.04 Å². The Kier molecular flexibility index (Phi) is 7.86. The second-order valence-electron chi connectivity index (χ2n) is 5.12. The Hall–Kier alpha value is -0.780.